The van der Waals surface area contributed by atoms with Crippen molar-refractivity contribution < 1.29 is 22.3 Å². The Hall–Kier alpha value is -3.42. The number of fused-ring (bicyclic) bond motifs is 3. The van der Waals surface area contributed by atoms with E-state index in [9.17, 15) is 12.8 Å². The molecule has 0 spiro atoms. The summed E-state index contributed by atoms with van der Waals surface area (Å²) in [5.41, 5.74) is 0.821. The van der Waals surface area contributed by atoms with E-state index < -0.39 is 15.7 Å². The summed E-state index contributed by atoms with van der Waals surface area (Å²) < 4.78 is 52.1. The Labute approximate surface area is 216 Å². The minimum Gasteiger partial charge on any atom is -0.472 e. The maximum absolute atomic E-state index is 14.9. The van der Waals surface area contributed by atoms with E-state index in [-0.39, 0.29) is 34.4 Å². The molecule has 5 heterocycles. The molecule has 2 unspecified atom stereocenters. The summed E-state index contributed by atoms with van der Waals surface area (Å²) in [6, 6.07) is 3.71. The molecule has 6 rings (SSSR count). The predicted molar refractivity (Wildman–Crippen MR) is 131 cm³/mol. The molecule has 14 heteroatoms. The van der Waals surface area contributed by atoms with Crippen LogP contribution < -0.4 is 9.64 Å². The third-order valence-electron chi connectivity index (χ3n) is 6.55. The van der Waals surface area contributed by atoms with Crippen LogP contribution in [-0.4, -0.2) is 76.6 Å². The molecule has 2 bridgehead atoms. The maximum atomic E-state index is 14.9. The molecule has 3 aromatic heterocycles. The zero-order valence-electron chi connectivity index (χ0n) is 19.5. The highest BCUT2D eigenvalue weighted by Crippen LogP contribution is 2.34. The first-order chi connectivity index (χ1) is 17.8. The quantitative estimate of drug-likeness (QED) is 0.369. The van der Waals surface area contributed by atoms with Gasteiger partial charge in [0.1, 0.15) is 24.6 Å². The van der Waals surface area contributed by atoms with Crippen molar-refractivity contribution in [3.63, 3.8) is 0 Å². The summed E-state index contributed by atoms with van der Waals surface area (Å²) in [5, 5.41) is 0.476. The van der Waals surface area contributed by atoms with Gasteiger partial charge in [0, 0.05) is 31.2 Å². The van der Waals surface area contributed by atoms with Crippen LogP contribution in [0.1, 0.15) is 0 Å². The Morgan fingerprint density at radius 2 is 1.81 bits per heavy atom. The number of sulfone groups is 1. The van der Waals surface area contributed by atoms with E-state index in [1.807, 2.05) is 0 Å². The van der Waals surface area contributed by atoms with Gasteiger partial charge in [0.05, 0.1) is 41.2 Å². The smallest absolute Gasteiger partial charge is 0.245 e. The SMILES string of the molecule is CS(=O)(=O)c1ccc(-n2cnc3c(OC4C5COCC4CN(c4ncc(Cl)cn4)C5)ncnc32)c(F)c1. The molecule has 0 amide bonds. The van der Waals surface area contributed by atoms with Crippen molar-refractivity contribution in [1.82, 2.24) is 29.5 Å². The molecule has 2 atom stereocenters. The molecule has 0 saturated carbocycles. The zero-order valence-corrected chi connectivity index (χ0v) is 21.1. The van der Waals surface area contributed by atoms with Gasteiger partial charge in [0.2, 0.25) is 11.8 Å². The molecule has 1 aromatic carbocycles. The standard InChI is InChI=1S/C23H21ClFN7O4S/c1-37(33,34)16-2-3-18(17(25)4-16)32-12-30-19-21(32)28-11-29-22(19)36-20-13-7-31(8-14(20)10-35-9-13)23-26-5-15(24)6-27-23/h2-6,11-14,20H,7-10H2,1H3. The number of hydrogen-bond acceptors (Lipinski definition) is 10. The van der Waals surface area contributed by atoms with Gasteiger partial charge in [-0.3, -0.25) is 4.57 Å². The van der Waals surface area contributed by atoms with Crippen molar-refractivity contribution in [2.75, 3.05) is 37.5 Å². The van der Waals surface area contributed by atoms with Gasteiger partial charge in [-0.1, -0.05) is 11.6 Å². The van der Waals surface area contributed by atoms with E-state index in [2.05, 4.69) is 29.8 Å². The molecular formula is C23H21ClFN7O4S. The van der Waals surface area contributed by atoms with Crippen molar-refractivity contribution in [1.29, 1.82) is 0 Å². The molecule has 0 N–H and O–H groups in total. The van der Waals surface area contributed by atoms with Gasteiger partial charge in [0.25, 0.3) is 0 Å². The van der Waals surface area contributed by atoms with Crippen LogP contribution in [0.25, 0.3) is 16.9 Å². The zero-order chi connectivity index (χ0) is 25.7. The van der Waals surface area contributed by atoms with E-state index in [1.54, 1.807) is 12.4 Å². The molecule has 37 heavy (non-hydrogen) atoms. The second kappa shape index (κ2) is 9.15. The fourth-order valence-electron chi connectivity index (χ4n) is 4.84. The highest BCUT2D eigenvalue weighted by Gasteiger charge is 2.43. The molecule has 2 aliphatic rings. The Kier molecular flexibility index (Phi) is 5.92. The number of piperidine rings is 1. The molecule has 4 aromatic rings. The number of nitrogens with zero attached hydrogens (tertiary/aromatic N) is 7. The molecule has 0 aliphatic carbocycles. The summed E-state index contributed by atoms with van der Waals surface area (Å²) >= 11 is 5.93. The normalized spacial score (nSPS) is 21.8. The lowest BCUT2D eigenvalue weighted by molar-refractivity contribution is -0.0765. The lowest BCUT2D eigenvalue weighted by atomic mass is 9.84. The number of halogens is 2. The van der Waals surface area contributed by atoms with E-state index in [0.29, 0.717) is 48.4 Å². The number of anilines is 1. The van der Waals surface area contributed by atoms with Crippen LogP contribution in [0.15, 0.2) is 48.1 Å². The maximum Gasteiger partial charge on any atom is 0.245 e. The highest BCUT2D eigenvalue weighted by atomic mass is 35.5. The molecule has 11 nitrogen and oxygen atoms in total. The third-order valence-corrected chi connectivity index (χ3v) is 7.85. The van der Waals surface area contributed by atoms with Gasteiger partial charge in [-0.15, -0.1) is 0 Å². The fraction of sp³-hybridized carbons (Fsp3) is 0.348. The number of aromatic nitrogens is 6. The van der Waals surface area contributed by atoms with E-state index in [1.165, 1.54) is 29.4 Å². The summed E-state index contributed by atoms with van der Waals surface area (Å²) in [6.07, 6.45) is 6.73. The summed E-state index contributed by atoms with van der Waals surface area (Å²) in [5.74, 6) is 0.230. The number of imidazole rings is 1. The Bertz CT molecular complexity index is 1570. The number of ether oxygens (including phenoxy) is 2. The van der Waals surface area contributed by atoms with E-state index in [0.717, 1.165) is 12.3 Å². The van der Waals surface area contributed by atoms with Crippen LogP contribution in [0.4, 0.5) is 10.3 Å². The van der Waals surface area contributed by atoms with Gasteiger partial charge in [0.15, 0.2) is 21.0 Å². The van der Waals surface area contributed by atoms with Gasteiger partial charge < -0.3 is 14.4 Å². The van der Waals surface area contributed by atoms with Gasteiger partial charge in [-0.25, -0.2) is 32.7 Å². The lowest BCUT2D eigenvalue weighted by Gasteiger charge is -2.46. The van der Waals surface area contributed by atoms with Crippen LogP contribution in [0.2, 0.25) is 5.02 Å². The van der Waals surface area contributed by atoms with Crippen molar-refractivity contribution in [3.8, 4) is 11.6 Å². The van der Waals surface area contributed by atoms with Crippen molar-refractivity contribution >= 4 is 38.6 Å². The molecule has 192 valence electrons. The van der Waals surface area contributed by atoms with E-state index in [4.69, 9.17) is 21.1 Å². The first-order valence-electron chi connectivity index (χ1n) is 11.4. The van der Waals surface area contributed by atoms with E-state index >= 15 is 0 Å². The van der Waals surface area contributed by atoms with Crippen molar-refractivity contribution in [2.24, 2.45) is 11.8 Å². The largest absolute Gasteiger partial charge is 0.472 e. The highest BCUT2D eigenvalue weighted by molar-refractivity contribution is 7.90. The summed E-state index contributed by atoms with van der Waals surface area (Å²) in [6.45, 7) is 2.27. The minimum atomic E-state index is -3.55. The Balaban J connectivity index is 1.28. The van der Waals surface area contributed by atoms with Gasteiger partial charge >= 0.3 is 0 Å². The Morgan fingerprint density at radius 3 is 2.49 bits per heavy atom. The average Bonchev–Trinajstić information content (AvgIpc) is 3.29. The molecule has 0 radical (unpaired) electrons. The van der Waals surface area contributed by atoms with Crippen LogP contribution in [0.3, 0.4) is 0 Å². The number of benzene rings is 1. The molecule has 2 fully saturated rings. The van der Waals surface area contributed by atoms with Crippen LogP contribution in [0, 0.1) is 17.7 Å². The first-order valence-corrected chi connectivity index (χ1v) is 13.7. The number of hydrogen-bond donors (Lipinski definition) is 0. The van der Waals surface area contributed by atoms with Crippen LogP contribution >= 0.6 is 11.6 Å². The van der Waals surface area contributed by atoms with Crippen LogP contribution in [0.5, 0.6) is 5.88 Å². The summed E-state index contributed by atoms with van der Waals surface area (Å²) in [7, 11) is -3.55. The molecule has 2 aliphatic heterocycles. The van der Waals surface area contributed by atoms with Gasteiger partial charge in [-0.2, -0.15) is 4.98 Å². The second-order valence-electron chi connectivity index (χ2n) is 9.10. The average molecular weight is 546 g/mol. The van der Waals surface area contributed by atoms with Crippen molar-refractivity contribution in [3.05, 3.63) is 54.1 Å². The lowest BCUT2D eigenvalue weighted by Crippen LogP contribution is -2.58. The number of rotatable bonds is 5. The first kappa shape index (κ1) is 23.9. The van der Waals surface area contributed by atoms with Gasteiger partial charge in [-0.05, 0) is 18.2 Å². The third kappa shape index (κ3) is 4.47. The topological polar surface area (TPSA) is 125 Å². The molecular weight excluding hydrogens is 525 g/mol. The predicted octanol–water partition coefficient (Wildman–Crippen LogP) is 2.33. The monoisotopic (exact) mass is 545 g/mol. The fourth-order valence-corrected chi connectivity index (χ4v) is 5.57. The van der Waals surface area contributed by atoms with Crippen molar-refractivity contribution in [2.45, 2.75) is 11.0 Å². The Morgan fingerprint density at radius 1 is 1.08 bits per heavy atom. The minimum absolute atomic E-state index is 0.0276. The summed E-state index contributed by atoms with van der Waals surface area (Å²) in [4.78, 5) is 23.7. The van der Waals surface area contributed by atoms with Crippen LogP contribution in [-0.2, 0) is 14.6 Å². The second-order valence-corrected chi connectivity index (χ2v) is 11.5. The molecule has 2 saturated heterocycles.